The van der Waals surface area contributed by atoms with Crippen molar-refractivity contribution in [2.75, 3.05) is 0 Å². The second-order valence-electron chi connectivity index (χ2n) is 6.11. The molecule has 0 aliphatic heterocycles. The molecular formula is C18H36NO. The maximum absolute atomic E-state index is 10.2. The fourth-order valence-corrected chi connectivity index (χ4v) is 2.62. The van der Waals surface area contributed by atoms with Crippen LogP contribution in [-0.4, -0.2) is 12.3 Å². The Hall–Kier alpha value is -0.370. The van der Waals surface area contributed by atoms with Crippen molar-refractivity contribution in [1.82, 2.24) is 0 Å². The average Bonchev–Trinajstić information content (AvgIpc) is 2.47. The van der Waals surface area contributed by atoms with Gasteiger partial charge in [-0.3, -0.25) is 4.79 Å². The number of rotatable bonds is 16. The molecule has 2 heteroatoms. The Bertz CT molecular complexity index is 194. The van der Waals surface area contributed by atoms with E-state index >= 15 is 0 Å². The fourth-order valence-electron chi connectivity index (χ4n) is 2.62. The highest BCUT2D eigenvalue weighted by molar-refractivity contribution is 5.57. The summed E-state index contributed by atoms with van der Waals surface area (Å²) in [7, 11) is 0. The van der Waals surface area contributed by atoms with Gasteiger partial charge in [0.05, 0.1) is 6.04 Å². The highest BCUT2D eigenvalue weighted by Gasteiger charge is 2.00. The van der Waals surface area contributed by atoms with Gasteiger partial charge in [0, 0.05) is 0 Å². The summed E-state index contributed by atoms with van der Waals surface area (Å²) >= 11 is 0. The topological polar surface area (TPSA) is 43.1 Å². The zero-order valence-corrected chi connectivity index (χ0v) is 13.7. The normalized spacial score (nSPS) is 12.5. The average molecular weight is 282 g/mol. The van der Waals surface area contributed by atoms with E-state index in [-0.39, 0.29) is 6.04 Å². The van der Waals surface area contributed by atoms with Crippen molar-refractivity contribution in [2.24, 2.45) is 5.73 Å². The van der Waals surface area contributed by atoms with Crippen molar-refractivity contribution >= 4 is 6.29 Å². The molecule has 0 aromatic carbocycles. The van der Waals surface area contributed by atoms with E-state index in [1.54, 1.807) is 0 Å². The summed E-state index contributed by atoms with van der Waals surface area (Å²) in [5.41, 5.74) is 5.50. The van der Waals surface area contributed by atoms with Gasteiger partial charge in [0.25, 0.3) is 0 Å². The van der Waals surface area contributed by atoms with E-state index in [1.165, 1.54) is 83.5 Å². The molecule has 0 aromatic heterocycles. The number of unbranched alkanes of at least 4 members (excludes halogenated alkanes) is 13. The van der Waals surface area contributed by atoms with Crippen LogP contribution >= 0.6 is 0 Å². The minimum Gasteiger partial charge on any atom is -0.321 e. The first-order chi connectivity index (χ1) is 9.81. The number of hydrogen-bond acceptors (Lipinski definition) is 2. The van der Waals surface area contributed by atoms with Gasteiger partial charge in [-0.1, -0.05) is 96.8 Å². The van der Waals surface area contributed by atoms with Crippen LogP contribution in [0.4, 0.5) is 0 Å². The highest BCUT2D eigenvalue weighted by atomic mass is 16.1. The van der Waals surface area contributed by atoms with E-state index < -0.39 is 0 Å². The minimum absolute atomic E-state index is 0.354. The molecule has 0 bridgehead atoms. The van der Waals surface area contributed by atoms with Crippen LogP contribution in [-0.2, 0) is 4.79 Å². The Morgan fingerprint density at radius 3 is 1.40 bits per heavy atom. The van der Waals surface area contributed by atoms with Gasteiger partial charge in [-0.2, -0.15) is 0 Å². The van der Waals surface area contributed by atoms with E-state index in [9.17, 15) is 4.79 Å². The molecule has 119 valence electrons. The summed E-state index contributed by atoms with van der Waals surface area (Å²) in [5, 5.41) is 0. The lowest BCUT2D eigenvalue weighted by Gasteiger charge is -2.04. The largest absolute Gasteiger partial charge is 0.321 e. The van der Waals surface area contributed by atoms with Gasteiger partial charge in [0.15, 0.2) is 0 Å². The molecule has 0 saturated heterocycles. The molecule has 20 heavy (non-hydrogen) atoms. The van der Waals surface area contributed by atoms with Gasteiger partial charge in [0.1, 0.15) is 0 Å². The van der Waals surface area contributed by atoms with Crippen LogP contribution in [0, 0.1) is 0 Å². The van der Waals surface area contributed by atoms with Crippen LogP contribution in [0.3, 0.4) is 0 Å². The molecule has 2 N–H and O–H groups in total. The molecule has 2 nitrogen and oxygen atoms in total. The van der Waals surface area contributed by atoms with Gasteiger partial charge in [-0.25, -0.2) is 0 Å². The van der Waals surface area contributed by atoms with E-state index in [4.69, 9.17) is 5.73 Å². The number of carbonyl (C=O) groups excluding carboxylic acids is 1. The molecule has 1 radical (unpaired) electrons. The van der Waals surface area contributed by atoms with Crippen molar-refractivity contribution in [3.8, 4) is 0 Å². The maximum Gasteiger partial charge on any atom is 0.216 e. The van der Waals surface area contributed by atoms with E-state index in [0.717, 1.165) is 12.8 Å². The third kappa shape index (κ3) is 15.7. The van der Waals surface area contributed by atoms with Crippen LogP contribution in [0.2, 0.25) is 0 Å². The Morgan fingerprint density at radius 2 is 1.05 bits per heavy atom. The van der Waals surface area contributed by atoms with Gasteiger partial charge < -0.3 is 5.73 Å². The summed E-state index contributed by atoms with van der Waals surface area (Å²) in [6.45, 7) is 2.27. The molecule has 0 heterocycles. The fraction of sp³-hybridized carbons (Fsp3) is 0.944. The van der Waals surface area contributed by atoms with E-state index in [2.05, 4.69) is 6.92 Å². The van der Waals surface area contributed by atoms with Crippen LogP contribution in [0.1, 0.15) is 103 Å². The molecule has 0 aromatic rings. The molecule has 0 amide bonds. The third-order valence-electron chi connectivity index (χ3n) is 4.02. The van der Waals surface area contributed by atoms with E-state index in [1.807, 2.05) is 6.29 Å². The Morgan fingerprint density at radius 1 is 0.700 bits per heavy atom. The quantitative estimate of drug-likeness (QED) is 0.391. The summed E-state index contributed by atoms with van der Waals surface area (Å²) in [4.78, 5) is 10.2. The molecule has 0 aliphatic rings. The van der Waals surface area contributed by atoms with Gasteiger partial charge in [-0.05, 0) is 6.42 Å². The van der Waals surface area contributed by atoms with Crippen LogP contribution in [0.15, 0.2) is 0 Å². The van der Waals surface area contributed by atoms with Gasteiger partial charge in [0.2, 0.25) is 6.29 Å². The Kier molecular flexibility index (Phi) is 16.4. The SMILES string of the molecule is CCCCCCCCCCCCCCCCC(N)[C]=O. The van der Waals surface area contributed by atoms with Crippen molar-refractivity contribution in [3.63, 3.8) is 0 Å². The first-order valence-electron chi connectivity index (χ1n) is 8.94. The summed E-state index contributed by atoms with van der Waals surface area (Å²) in [6, 6.07) is -0.354. The molecular weight excluding hydrogens is 246 g/mol. The summed E-state index contributed by atoms with van der Waals surface area (Å²) in [6.07, 6.45) is 21.7. The monoisotopic (exact) mass is 282 g/mol. The lowest BCUT2D eigenvalue weighted by Crippen LogP contribution is -2.20. The number of nitrogens with two attached hydrogens (primary N) is 1. The first-order valence-corrected chi connectivity index (χ1v) is 8.94. The van der Waals surface area contributed by atoms with Crippen LogP contribution in [0.5, 0.6) is 0 Å². The molecule has 0 aliphatic carbocycles. The summed E-state index contributed by atoms with van der Waals surface area (Å²) in [5.74, 6) is 0. The summed E-state index contributed by atoms with van der Waals surface area (Å²) < 4.78 is 0. The predicted octanol–water partition coefficient (Wildman–Crippen LogP) is 5.29. The highest BCUT2D eigenvalue weighted by Crippen LogP contribution is 2.13. The molecule has 1 atom stereocenters. The molecule has 1 unspecified atom stereocenters. The van der Waals surface area contributed by atoms with Crippen molar-refractivity contribution in [3.05, 3.63) is 0 Å². The van der Waals surface area contributed by atoms with Crippen molar-refractivity contribution < 1.29 is 4.79 Å². The van der Waals surface area contributed by atoms with Gasteiger partial charge in [-0.15, -0.1) is 0 Å². The van der Waals surface area contributed by atoms with E-state index in [0.29, 0.717) is 0 Å². The van der Waals surface area contributed by atoms with Crippen molar-refractivity contribution in [2.45, 2.75) is 109 Å². The predicted molar refractivity (Wildman–Crippen MR) is 88.6 cm³/mol. The minimum atomic E-state index is -0.354. The first kappa shape index (κ1) is 19.6. The third-order valence-corrected chi connectivity index (χ3v) is 4.02. The smallest absolute Gasteiger partial charge is 0.216 e. The lowest BCUT2D eigenvalue weighted by atomic mass is 10.0. The molecule has 0 saturated carbocycles. The van der Waals surface area contributed by atoms with Gasteiger partial charge >= 0.3 is 0 Å². The molecule has 0 fully saturated rings. The second kappa shape index (κ2) is 16.7. The zero-order valence-electron chi connectivity index (χ0n) is 13.7. The zero-order chi connectivity index (χ0) is 14.9. The van der Waals surface area contributed by atoms with Crippen LogP contribution < -0.4 is 5.73 Å². The Balaban J connectivity index is 2.97. The lowest BCUT2D eigenvalue weighted by molar-refractivity contribution is 0.515. The maximum atomic E-state index is 10.2. The molecule has 0 rings (SSSR count). The molecule has 0 spiro atoms. The second-order valence-corrected chi connectivity index (χ2v) is 6.11. The standard InChI is InChI=1S/C18H36NO/c1-2-3-4-5-6-7-8-9-10-11-12-13-14-15-16-18(19)17-20/h18H,2-16,19H2,1H3. The Labute approximate surface area is 126 Å². The number of hydrogen-bond donors (Lipinski definition) is 1. The van der Waals surface area contributed by atoms with Crippen LogP contribution in [0.25, 0.3) is 0 Å². The van der Waals surface area contributed by atoms with Crippen molar-refractivity contribution in [1.29, 1.82) is 0 Å².